The number of thiophene rings is 1. The highest BCUT2D eigenvalue weighted by Gasteiger charge is 2.20. The fraction of sp³-hybridized carbons (Fsp3) is 0.444. The van der Waals surface area contributed by atoms with Crippen LogP contribution >= 0.6 is 11.3 Å². The highest BCUT2D eigenvalue weighted by molar-refractivity contribution is 7.89. The number of ether oxygens (including phenoxy) is 1. The highest BCUT2D eigenvalue weighted by Crippen LogP contribution is 2.16. The van der Waals surface area contributed by atoms with E-state index in [0.717, 1.165) is 31.6 Å². The monoisotopic (exact) mass is 380 g/mol. The molecule has 0 spiro atoms. The van der Waals surface area contributed by atoms with Crippen molar-refractivity contribution in [3.8, 4) is 0 Å². The molecule has 3 rings (SSSR count). The Balaban J connectivity index is 1.51. The number of hydrogen-bond acceptors (Lipinski definition) is 5. The average molecular weight is 381 g/mol. The summed E-state index contributed by atoms with van der Waals surface area (Å²) in [6, 6.07) is 9.14. The van der Waals surface area contributed by atoms with E-state index in [-0.39, 0.29) is 6.10 Å². The van der Waals surface area contributed by atoms with Gasteiger partial charge >= 0.3 is 0 Å². The minimum atomic E-state index is -3.47. The standard InChI is InChI=1S/C18H24N2O3S2/c1-14-8-10-24-18(14)13-19-11-15-4-6-17(7-5-15)25(21,22)20-12-16-3-2-9-23-16/h4-8,10,16,19-20H,2-3,9,11-13H2,1H3. The first kappa shape index (κ1) is 18.5. The molecule has 2 N–H and O–H groups in total. The Bertz CT molecular complexity index is 779. The van der Waals surface area contributed by atoms with Crippen LogP contribution in [0.4, 0.5) is 0 Å². The Kier molecular flexibility index (Phi) is 6.24. The maximum atomic E-state index is 12.3. The first-order valence-corrected chi connectivity index (χ1v) is 10.8. The maximum Gasteiger partial charge on any atom is 0.240 e. The van der Waals surface area contributed by atoms with E-state index >= 15 is 0 Å². The Morgan fingerprint density at radius 3 is 2.64 bits per heavy atom. The van der Waals surface area contributed by atoms with Crippen molar-refractivity contribution in [3.63, 3.8) is 0 Å². The third-order valence-electron chi connectivity index (χ3n) is 4.34. The van der Waals surface area contributed by atoms with Crippen LogP contribution in [0.1, 0.15) is 28.8 Å². The SMILES string of the molecule is Cc1ccsc1CNCc1ccc(S(=O)(=O)NCC2CCCO2)cc1. The van der Waals surface area contributed by atoms with Crippen LogP contribution in [0.15, 0.2) is 40.6 Å². The van der Waals surface area contributed by atoms with Gasteiger partial charge in [0.1, 0.15) is 0 Å². The van der Waals surface area contributed by atoms with Gasteiger partial charge in [-0.05, 0) is 54.5 Å². The van der Waals surface area contributed by atoms with Crippen molar-refractivity contribution >= 4 is 21.4 Å². The van der Waals surface area contributed by atoms with Gasteiger partial charge in [-0.1, -0.05) is 12.1 Å². The van der Waals surface area contributed by atoms with Gasteiger partial charge in [0.25, 0.3) is 0 Å². The zero-order valence-corrected chi connectivity index (χ0v) is 16.0. The molecule has 0 radical (unpaired) electrons. The fourth-order valence-corrected chi connectivity index (χ4v) is 4.73. The van der Waals surface area contributed by atoms with Crippen molar-refractivity contribution in [2.75, 3.05) is 13.2 Å². The third-order valence-corrected chi connectivity index (χ3v) is 6.80. The van der Waals surface area contributed by atoms with Crippen molar-refractivity contribution in [1.82, 2.24) is 10.0 Å². The van der Waals surface area contributed by atoms with Crippen LogP contribution in [0.2, 0.25) is 0 Å². The Hall–Kier alpha value is -1.25. The molecule has 0 bridgehead atoms. The summed E-state index contributed by atoms with van der Waals surface area (Å²) < 4.78 is 32.7. The first-order chi connectivity index (χ1) is 12.0. The van der Waals surface area contributed by atoms with Crippen LogP contribution in [-0.2, 0) is 27.8 Å². The molecule has 0 aliphatic carbocycles. The smallest absolute Gasteiger partial charge is 0.240 e. The molecule has 0 amide bonds. The quantitative estimate of drug-likeness (QED) is 0.739. The lowest BCUT2D eigenvalue weighted by molar-refractivity contribution is 0.114. The molecule has 25 heavy (non-hydrogen) atoms. The highest BCUT2D eigenvalue weighted by atomic mass is 32.2. The molecule has 1 fully saturated rings. The summed E-state index contributed by atoms with van der Waals surface area (Å²) in [5, 5.41) is 5.49. The van der Waals surface area contributed by atoms with Gasteiger partial charge in [0.15, 0.2) is 0 Å². The largest absolute Gasteiger partial charge is 0.377 e. The van der Waals surface area contributed by atoms with Gasteiger partial charge in [-0.15, -0.1) is 11.3 Å². The lowest BCUT2D eigenvalue weighted by atomic mass is 10.2. The van der Waals surface area contributed by atoms with Gasteiger partial charge in [0.05, 0.1) is 11.0 Å². The molecule has 1 aliphatic heterocycles. The van der Waals surface area contributed by atoms with Crippen LogP contribution in [0.25, 0.3) is 0 Å². The summed E-state index contributed by atoms with van der Waals surface area (Å²) >= 11 is 1.75. The summed E-state index contributed by atoms with van der Waals surface area (Å²) in [7, 11) is -3.47. The zero-order chi connectivity index (χ0) is 17.7. The third kappa shape index (κ3) is 5.12. The average Bonchev–Trinajstić information content (AvgIpc) is 3.26. The normalized spacial score (nSPS) is 17.9. The van der Waals surface area contributed by atoms with Gasteiger partial charge in [0.2, 0.25) is 10.0 Å². The summed E-state index contributed by atoms with van der Waals surface area (Å²) in [5.74, 6) is 0. The second-order valence-electron chi connectivity index (χ2n) is 6.26. The predicted octanol–water partition coefficient (Wildman–Crippen LogP) is 2.80. The van der Waals surface area contributed by atoms with Crippen molar-refractivity contribution in [1.29, 1.82) is 0 Å². The van der Waals surface area contributed by atoms with E-state index in [1.54, 1.807) is 23.5 Å². The van der Waals surface area contributed by atoms with E-state index in [4.69, 9.17) is 4.74 Å². The molecular formula is C18H24N2O3S2. The molecule has 1 unspecified atom stereocenters. The van der Waals surface area contributed by atoms with Crippen LogP contribution in [0.3, 0.4) is 0 Å². The van der Waals surface area contributed by atoms with Crippen molar-refractivity contribution in [3.05, 3.63) is 51.7 Å². The van der Waals surface area contributed by atoms with Crippen molar-refractivity contribution < 1.29 is 13.2 Å². The van der Waals surface area contributed by atoms with E-state index in [9.17, 15) is 8.42 Å². The molecule has 1 aliphatic rings. The van der Waals surface area contributed by atoms with Crippen LogP contribution in [-0.4, -0.2) is 27.7 Å². The minimum absolute atomic E-state index is 0.000966. The van der Waals surface area contributed by atoms with Gasteiger partial charge in [-0.3, -0.25) is 0 Å². The number of sulfonamides is 1. The molecule has 0 saturated carbocycles. The van der Waals surface area contributed by atoms with E-state index < -0.39 is 10.0 Å². The van der Waals surface area contributed by atoms with Crippen LogP contribution in [0.5, 0.6) is 0 Å². The first-order valence-electron chi connectivity index (χ1n) is 8.48. The Morgan fingerprint density at radius 2 is 2.00 bits per heavy atom. The second-order valence-corrected chi connectivity index (χ2v) is 9.03. The topological polar surface area (TPSA) is 67.4 Å². The summed E-state index contributed by atoms with van der Waals surface area (Å²) in [5.41, 5.74) is 2.36. The van der Waals surface area contributed by atoms with E-state index in [0.29, 0.717) is 18.0 Å². The Morgan fingerprint density at radius 1 is 1.20 bits per heavy atom. The molecular weight excluding hydrogens is 356 g/mol. The van der Waals surface area contributed by atoms with Crippen LogP contribution in [0, 0.1) is 6.92 Å². The fourth-order valence-electron chi connectivity index (χ4n) is 2.78. The van der Waals surface area contributed by atoms with Crippen LogP contribution < -0.4 is 10.0 Å². The maximum absolute atomic E-state index is 12.3. The minimum Gasteiger partial charge on any atom is -0.377 e. The number of benzene rings is 1. The zero-order valence-electron chi connectivity index (χ0n) is 14.3. The van der Waals surface area contributed by atoms with E-state index in [1.165, 1.54) is 10.4 Å². The summed E-state index contributed by atoms with van der Waals surface area (Å²) in [6.07, 6.45) is 1.91. The van der Waals surface area contributed by atoms with Gasteiger partial charge in [0, 0.05) is 31.1 Å². The van der Waals surface area contributed by atoms with Gasteiger partial charge in [-0.2, -0.15) is 0 Å². The van der Waals surface area contributed by atoms with Crippen molar-refractivity contribution in [2.24, 2.45) is 0 Å². The predicted molar refractivity (Wildman–Crippen MR) is 100 cm³/mol. The molecule has 1 aromatic heterocycles. The molecule has 2 heterocycles. The molecule has 1 saturated heterocycles. The summed E-state index contributed by atoms with van der Waals surface area (Å²) in [6.45, 7) is 4.70. The summed E-state index contributed by atoms with van der Waals surface area (Å²) in [4.78, 5) is 1.63. The molecule has 5 nitrogen and oxygen atoms in total. The number of rotatable bonds is 8. The Labute approximate surface area is 153 Å². The molecule has 2 aromatic rings. The lowest BCUT2D eigenvalue weighted by Gasteiger charge is -2.12. The van der Waals surface area contributed by atoms with E-state index in [1.807, 2.05) is 12.1 Å². The lowest BCUT2D eigenvalue weighted by Crippen LogP contribution is -2.31. The van der Waals surface area contributed by atoms with Gasteiger partial charge < -0.3 is 10.1 Å². The number of hydrogen-bond donors (Lipinski definition) is 2. The van der Waals surface area contributed by atoms with Crippen molar-refractivity contribution in [2.45, 2.75) is 43.9 Å². The molecule has 1 aromatic carbocycles. The molecule has 7 heteroatoms. The van der Waals surface area contributed by atoms with E-state index in [2.05, 4.69) is 28.4 Å². The van der Waals surface area contributed by atoms with Gasteiger partial charge in [-0.25, -0.2) is 13.1 Å². The molecule has 136 valence electrons. The number of aryl methyl sites for hydroxylation is 1. The second kappa shape index (κ2) is 8.42. The molecule has 1 atom stereocenters. The number of nitrogens with one attached hydrogen (secondary N) is 2.